The molecular formula is C28H21N3O4S. The number of carbonyl (C=O) groups excluding carboxylic acids is 1. The molecule has 0 N–H and O–H groups in total. The molecule has 0 atom stereocenters. The van der Waals surface area contributed by atoms with Gasteiger partial charge in [0.2, 0.25) is 12.7 Å². The molecule has 3 aromatic carbocycles. The van der Waals surface area contributed by atoms with Gasteiger partial charge in [-0.2, -0.15) is 0 Å². The fraction of sp³-hybridized carbons (Fsp3) is 0.107. The van der Waals surface area contributed by atoms with Gasteiger partial charge in [0.05, 0.1) is 17.6 Å². The topological polar surface area (TPSA) is 77.2 Å². The summed E-state index contributed by atoms with van der Waals surface area (Å²) < 4.78 is 16.8. The Bertz CT molecular complexity index is 1490. The number of rotatable bonds is 5. The third kappa shape index (κ3) is 4.38. The maximum atomic E-state index is 13.5. The van der Waals surface area contributed by atoms with Gasteiger partial charge in [0.25, 0.3) is 5.91 Å². The molecule has 0 bridgehead atoms. The minimum atomic E-state index is -0.198. The Balaban J connectivity index is 1.28. The number of fused-ring (bicyclic) bond motifs is 1. The number of thioether (sulfide) groups is 1. The maximum absolute atomic E-state index is 13.5. The Labute approximate surface area is 212 Å². The van der Waals surface area contributed by atoms with E-state index < -0.39 is 0 Å². The van der Waals surface area contributed by atoms with E-state index in [1.54, 1.807) is 17.2 Å². The molecule has 0 spiro atoms. The molecule has 0 saturated carbocycles. The van der Waals surface area contributed by atoms with Crippen molar-refractivity contribution < 1.29 is 18.7 Å². The molecule has 1 amide bonds. The van der Waals surface area contributed by atoms with Crippen LogP contribution in [0.15, 0.2) is 94.1 Å². The monoisotopic (exact) mass is 495 g/mol. The first-order valence-corrected chi connectivity index (χ1v) is 12.4. The van der Waals surface area contributed by atoms with Crippen LogP contribution in [0.3, 0.4) is 0 Å². The van der Waals surface area contributed by atoms with Gasteiger partial charge in [0, 0.05) is 5.56 Å². The number of amides is 1. The van der Waals surface area contributed by atoms with Crippen molar-refractivity contribution in [3.63, 3.8) is 0 Å². The van der Waals surface area contributed by atoms with Crippen molar-refractivity contribution in [1.82, 2.24) is 4.98 Å². The van der Waals surface area contributed by atoms with Crippen molar-refractivity contribution in [2.75, 3.05) is 11.7 Å². The first kappa shape index (κ1) is 22.2. The molecule has 8 heteroatoms. The van der Waals surface area contributed by atoms with Gasteiger partial charge in [-0.3, -0.25) is 9.69 Å². The summed E-state index contributed by atoms with van der Waals surface area (Å²) in [6, 6.07) is 23.2. The number of ether oxygens (including phenoxy) is 2. The summed E-state index contributed by atoms with van der Waals surface area (Å²) in [6.07, 6.45) is 3.48. The predicted molar refractivity (Wildman–Crippen MR) is 140 cm³/mol. The van der Waals surface area contributed by atoms with Crippen LogP contribution < -0.4 is 14.4 Å². The summed E-state index contributed by atoms with van der Waals surface area (Å²) in [4.78, 5) is 24.2. The molecule has 2 aliphatic heterocycles. The van der Waals surface area contributed by atoms with Crippen LogP contribution in [0, 0.1) is 6.92 Å². The molecule has 0 fully saturated rings. The van der Waals surface area contributed by atoms with Crippen LogP contribution >= 0.6 is 11.8 Å². The number of aliphatic imine (C=N–C) groups is 1. The van der Waals surface area contributed by atoms with Crippen LogP contribution in [-0.4, -0.2) is 22.9 Å². The first-order valence-electron chi connectivity index (χ1n) is 11.4. The van der Waals surface area contributed by atoms with E-state index in [2.05, 4.69) is 4.98 Å². The van der Waals surface area contributed by atoms with Crippen LogP contribution in [0.2, 0.25) is 0 Å². The number of aryl methyl sites for hydroxylation is 1. The molecule has 0 radical (unpaired) electrons. The zero-order valence-electron chi connectivity index (χ0n) is 19.4. The van der Waals surface area contributed by atoms with Crippen molar-refractivity contribution in [2.45, 2.75) is 12.7 Å². The smallest absolute Gasteiger partial charge is 0.283 e. The highest BCUT2D eigenvalue weighted by molar-refractivity contribution is 8.13. The van der Waals surface area contributed by atoms with E-state index in [4.69, 9.17) is 18.9 Å². The normalized spacial score (nSPS) is 15.6. The number of carbonyl (C=O) groups is 1. The summed E-state index contributed by atoms with van der Waals surface area (Å²) in [5.74, 6) is 2.84. The molecule has 3 heterocycles. The highest BCUT2D eigenvalue weighted by Crippen LogP contribution is 2.35. The van der Waals surface area contributed by atoms with Gasteiger partial charge in [-0.1, -0.05) is 65.9 Å². The van der Waals surface area contributed by atoms with Gasteiger partial charge in [0.15, 0.2) is 22.4 Å². The molecule has 2 aliphatic rings. The van der Waals surface area contributed by atoms with E-state index in [1.165, 1.54) is 11.8 Å². The number of aromatic nitrogens is 1. The molecule has 6 rings (SSSR count). The van der Waals surface area contributed by atoms with Gasteiger partial charge in [-0.15, -0.1) is 0 Å². The second kappa shape index (κ2) is 9.39. The van der Waals surface area contributed by atoms with Crippen LogP contribution in [0.5, 0.6) is 11.5 Å². The van der Waals surface area contributed by atoms with Crippen LogP contribution in [0.1, 0.15) is 17.0 Å². The van der Waals surface area contributed by atoms with Gasteiger partial charge in [-0.05, 0) is 42.8 Å². The number of hydrogen-bond acceptors (Lipinski definition) is 7. The molecule has 0 aliphatic carbocycles. The van der Waals surface area contributed by atoms with Crippen molar-refractivity contribution in [1.29, 1.82) is 0 Å². The highest BCUT2D eigenvalue weighted by Gasteiger charge is 2.32. The maximum Gasteiger partial charge on any atom is 0.283 e. The Morgan fingerprint density at radius 2 is 1.81 bits per heavy atom. The molecule has 7 nitrogen and oxygen atoms in total. The number of hydrogen-bond donors (Lipinski definition) is 0. The van der Waals surface area contributed by atoms with Crippen LogP contribution in [0.4, 0.5) is 5.69 Å². The largest absolute Gasteiger partial charge is 0.454 e. The van der Waals surface area contributed by atoms with E-state index in [-0.39, 0.29) is 12.7 Å². The molecule has 0 unspecified atom stereocenters. The molecule has 1 aromatic heterocycles. The lowest BCUT2D eigenvalue weighted by atomic mass is 10.1. The van der Waals surface area contributed by atoms with Crippen molar-refractivity contribution in [3.05, 3.63) is 102 Å². The quantitative estimate of drug-likeness (QED) is 0.314. The average Bonchev–Trinajstić information content (AvgIpc) is 3.63. The molecule has 4 aromatic rings. The van der Waals surface area contributed by atoms with Gasteiger partial charge in [-0.25, -0.2) is 9.98 Å². The number of anilines is 1. The van der Waals surface area contributed by atoms with E-state index in [0.29, 0.717) is 39.8 Å². The fourth-order valence-corrected chi connectivity index (χ4v) is 4.78. The molecule has 0 saturated heterocycles. The standard InChI is InChI=1S/C28H21N3O4S/c1-18-7-10-21(11-8-18)31-27(32)22(13-19-9-12-23-24(14-19)34-17-33-23)30-28(31)36-16-26-29-15-25(35-26)20-5-3-2-4-6-20/h2-15H,16-17H2,1H3/b22-13+. The lowest BCUT2D eigenvalue weighted by Gasteiger charge is -2.17. The van der Waals surface area contributed by atoms with Crippen LogP contribution in [-0.2, 0) is 10.5 Å². The van der Waals surface area contributed by atoms with E-state index in [9.17, 15) is 4.79 Å². The minimum absolute atomic E-state index is 0.196. The Hall–Kier alpha value is -4.30. The Morgan fingerprint density at radius 1 is 1.00 bits per heavy atom. The zero-order chi connectivity index (χ0) is 24.5. The fourth-order valence-electron chi connectivity index (χ4n) is 3.91. The van der Waals surface area contributed by atoms with Gasteiger partial charge < -0.3 is 13.9 Å². The summed E-state index contributed by atoms with van der Waals surface area (Å²) in [5, 5.41) is 0.565. The second-order valence-electron chi connectivity index (χ2n) is 8.29. The summed E-state index contributed by atoms with van der Waals surface area (Å²) in [7, 11) is 0. The zero-order valence-corrected chi connectivity index (χ0v) is 20.2. The van der Waals surface area contributed by atoms with Crippen molar-refractivity contribution in [3.8, 4) is 22.8 Å². The second-order valence-corrected chi connectivity index (χ2v) is 9.23. The highest BCUT2D eigenvalue weighted by atomic mass is 32.2. The molecule has 36 heavy (non-hydrogen) atoms. The number of oxazole rings is 1. The minimum Gasteiger partial charge on any atom is -0.454 e. The predicted octanol–water partition coefficient (Wildman–Crippen LogP) is 6.06. The summed E-state index contributed by atoms with van der Waals surface area (Å²) in [6.45, 7) is 2.21. The number of nitrogens with zero attached hydrogens (tertiary/aromatic N) is 3. The third-order valence-corrected chi connectivity index (χ3v) is 6.68. The third-order valence-electron chi connectivity index (χ3n) is 5.76. The Kier molecular flexibility index (Phi) is 5.79. The van der Waals surface area contributed by atoms with E-state index in [1.807, 2.05) is 79.7 Å². The molecule has 178 valence electrons. The van der Waals surface area contributed by atoms with Gasteiger partial charge >= 0.3 is 0 Å². The van der Waals surface area contributed by atoms with Crippen LogP contribution in [0.25, 0.3) is 17.4 Å². The summed E-state index contributed by atoms with van der Waals surface area (Å²) >= 11 is 1.40. The van der Waals surface area contributed by atoms with Gasteiger partial charge in [0.1, 0.15) is 5.70 Å². The first-order chi connectivity index (χ1) is 17.6. The number of amidine groups is 1. The van der Waals surface area contributed by atoms with E-state index >= 15 is 0 Å². The molecular weight excluding hydrogens is 474 g/mol. The lowest BCUT2D eigenvalue weighted by Crippen LogP contribution is -2.30. The van der Waals surface area contributed by atoms with Crippen molar-refractivity contribution in [2.24, 2.45) is 4.99 Å². The average molecular weight is 496 g/mol. The Morgan fingerprint density at radius 3 is 2.64 bits per heavy atom. The lowest BCUT2D eigenvalue weighted by molar-refractivity contribution is -0.113. The number of benzene rings is 3. The van der Waals surface area contributed by atoms with E-state index in [0.717, 1.165) is 22.4 Å². The summed E-state index contributed by atoms with van der Waals surface area (Å²) in [5.41, 5.74) is 3.98. The van der Waals surface area contributed by atoms with Crippen molar-refractivity contribution >= 4 is 34.6 Å². The SMILES string of the molecule is Cc1ccc(N2C(=O)/C(=C\c3ccc4c(c3)OCO4)N=C2SCc2ncc(-c3ccccc3)o2)cc1.